The zero-order valence-electron chi connectivity index (χ0n) is 6.90. The van der Waals surface area contributed by atoms with Crippen molar-refractivity contribution in [2.45, 2.75) is 33.6 Å². The van der Waals surface area contributed by atoms with Crippen LogP contribution in [0.1, 0.15) is 33.6 Å². The Kier molecular flexibility index (Phi) is 4.63. The molecule has 0 saturated heterocycles. The Morgan fingerprint density at radius 3 is 2.40 bits per heavy atom. The van der Waals surface area contributed by atoms with Gasteiger partial charge in [0, 0.05) is 12.6 Å². The normalized spacial score (nSPS) is 11.3. The summed E-state index contributed by atoms with van der Waals surface area (Å²) < 4.78 is 0. The molecule has 2 heteroatoms. The molecule has 10 heavy (non-hydrogen) atoms. The van der Waals surface area contributed by atoms with E-state index in [1.54, 1.807) is 0 Å². The molecule has 0 aliphatic heterocycles. The quantitative estimate of drug-likeness (QED) is 0.638. The smallest absolute Gasteiger partial charge is 0.220 e. The molecule has 1 amide bonds. The predicted octanol–water partition coefficient (Wildman–Crippen LogP) is 1.83. The SMILES string of the molecule is CC/C=C(\CC)NC(C)=O. The van der Waals surface area contributed by atoms with Crippen LogP contribution in [-0.4, -0.2) is 5.91 Å². The van der Waals surface area contributed by atoms with Crippen LogP contribution in [-0.2, 0) is 4.79 Å². The molecule has 0 radical (unpaired) electrons. The summed E-state index contributed by atoms with van der Waals surface area (Å²) in [5.41, 5.74) is 1.02. The highest BCUT2D eigenvalue weighted by molar-refractivity contribution is 5.74. The Morgan fingerprint density at radius 1 is 1.50 bits per heavy atom. The zero-order chi connectivity index (χ0) is 7.98. The molecule has 0 heterocycles. The molecule has 0 aliphatic rings. The maximum atomic E-state index is 10.5. The Morgan fingerprint density at radius 2 is 2.10 bits per heavy atom. The molecule has 0 saturated carbocycles. The van der Waals surface area contributed by atoms with E-state index < -0.39 is 0 Å². The Bertz CT molecular complexity index is 138. The van der Waals surface area contributed by atoms with E-state index in [1.807, 2.05) is 13.0 Å². The van der Waals surface area contributed by atoms with Crippen molar-refractivity contribution in [1.29, 1.82) is 0 Å². The molecule has 0 aliphatic carbocycles. The van der Waals surface area contributed by atoms with Crippen molar-refractivity contribution in [1.82, 2.24) is 5.32 Å². The van der Waals surface area contributed by atoms with Crippen LogP contribution in [0.4, 0.5) is 0 Å². The van der Waals surface area contributed by atoms with Gasteiger partial charge in [0.15, 0.2) is 0 Å². The van der Waals surface area contributed by atoms with E-state index in [1.165, 1.54) is 6.92 Å². The number of hydrogen-bond acceptors (Lipinski definition) is 1. The zero-order valence-corrected chi connectivity index (χ0v) is 6.90. The van der Waals surface area contributed by atoms with Crippen LogP contribution in [0.2, 0.25) is 0 Å². The van der Waals surface area contributed by atoms with Gasteiger partial charge in [-0.3, -0.25) is 4.79 Å². The van der Waals surface area contributed by atoms with Gasteiger partial charge in [-0.15, -0.1) is 0 Å². The minimum absolute atomic E-state index is 0.0153. The van der Waals surface area contributed by atoms with Gasteiger partial charge in [-0.25, -0.2) is 0 Å². The maximum absolute atomic E-state index is 10.5. The molecule has 0 atom stereocenters. The number of amides is 1. The lowest BCUT2D eigenvalue weighted by atomic mass is 10.3. The lowest BCUT2D eigenvalue weighted by Gasteiger charge is -2.02. The lowest BCUT2D eigenvalue weighted by Crippen LogP contribution is -2.18. The molecule has 0 spiro atoms. The first-order valence-corrected chi connectivity index (χ1v) is 3.67. The van der Waals surface area contributed by atoms with Crippen molar-refractivity contribution >= 4 is 5.91 Å². The van der Waals surface area contributed by atoms with E-state index in [0.29, 0.717) is 0 Å². The minimum atomic E-state index is 0.0153. The molecule has 1 N–H and O–H groups in total. The number of carbonyl (C=O) groups excluding carboxylic acids is 1. The van der Waals surface area contributed by atoms with Gasteiger partial charge >= 0.3 is 0 Å². The van der Waals surface area contributed by atoms with Crippen LogP contribution in [0, 0.1) is 0 Å². The number of rotatable bonds is 3. The van der Waals surface area contributed by atoms with Crippen LogP contribution >= 0.6 is 0 Å². The largest absolute Gasteiger partial charge is 0.330 e. The minimum Gasteiger partial charge on any atom is -0.330 e. The Labute approximate surface area is 62.3 Å². The van der Waals surface area contributed by atoms with E-state index in [4.69, 9.17) is 0 Å². The molecule has 0 unspecified atom stereocenters. The van der Waals surface area contributed by atoms with Crippen molar-refractivity contribution in [3.05, 3.63) is 11.8 Å². The topological polar surface area (TPSA) is 29.1 Å². The molecule has 0 bridgehead atoms. The fourth-order valence-corrected chi connectivity index (χ4v) is 0.756. The van der Waals surface area contributed by atoms with Gasteiger partial charge in [0.05, 0.1) is 0 Å². The molecule has 0 fully saturated rings. The van der Waals surface area contributed by atoms with Crippen LogP contribution in [0.5, 0.6) is 0 Å². The van der Waals surface area contributed by atoms with E-state index in [0.717, 1.165) is 18.5 Å². The van der Waals surface area contributed by atoms with Crippen LogP contribution in [0.3, 0.4) is 0 Å². The predicted molar refractivity (Wildman–Crippen MR) is 42.5 cm³/mol. The molecule has 0 aromatic heterocycles. The molecular weight excluding hydrogens is 126 g/mol. The van der Waals surface area contributed by atoms with E-state index in [2.05, 4.69) is 12.2 Å². The Balaban J connectivity index is 3.83. The van der Waals surface area contributed by atoms with E-state index >= 15 is 0 Å². The second-order valence-electron chi connectivity index (χ2n) is 2.17. The average molecular weight is 141 g/mol. The van der Waals surface area contributed by atoms with Gasteiger partial charge in [0.25, 0.3) is 0 Å². The lowest BCUT2D eigenvalue weighted by molar-refractivity contribution is -0.118. The fourth-order valence-electron chi connectivity index (χ4n) is 0.756. The number of allylic oxidation sites excluding steroid dienone is 2. The van der Waals surface area contributed by atoms with Gasteiger partial charge in [-0.2, -0.15) is 0 Å². The Hall–Kier alpha value is -0.790. The standard InChI is InChI=1S/C8H15NO/c1-4-6-8(5-2)9-7(3)10/h6H,4-5H2,1-3H3,(H,9,10)/b8-6+. The summed E-state index contributed by atoms with van der Waals surface area (Å²) in [6.07, 6.45) is 3.90. The summed E-state index contributed by atoms with van der Waals surface area (Å²) in [4.78, 5) is 10.5. The summed E-state index contributed by atoms with van der Waals surface area (Å²) in [6, 6.07) is 0. The van der Waals surface area contributed by atoms with Crippen LogP contribution in [0.25, 0.3) is 0 Å². The second kappa shape index (κ2) is 5.03. The van der Waals surface area contributed by atoms with Crippen molar-refractivity contribution < 1.29 is 4.79 Å². The summed E-state index contributed by atoms with van der Waals surface area (Å²) >= 11 is 0. The van der Waals surface area contributed by atoms with Gasteiger partial charge in [0.2, 0.25) is 5.91 Å². The van der Waals surface area contributed by atoms with Gasteiger partial charge in [0.1, 0.15) is 0 Å². The second-order valence-corrected chi connectivity index (χ2v) is 2.17. The molecule has 0 aromatic carbocycles. The number of nitrogens with one attached hydrogen (secondary N) is 1. The highest BCUT2D eigenvalue weighted by atomic mass is 16.1. The molecule has 58 valence electrons. The molecular formula is C8H15NO. The number of hydrogen-bond donors (Lipinski definition) is 1. The average Bonchev–Trinajstić information content (AvgIpc) is 1.86. The monoisotopic (exact) mass is 141 g/mol. The first-order chi connectivity index (χ1) is 4.70. The first-order valence-electron chi connectivity index (χ1n) is 3.67. The van der Waals surface area contributed by atoms with Gasteiger partial charge in [-0.05, 0) is 12.8 Å². The summed E-state index contributed by atoms with van der Waals surface area (Å²) in [5, 5.41) is 2.75. The highest BCUT2D eigenvalue weighted by Gasteiger charge is 1.93. The van der Waals surface area contributed by atoms with Crippen molar-refractivity contribution in [3.63, 3.8) is 0 Å². The van der Waals surface area contributed by atoms with Crippen LogP contribution in [0.15, 0.2) is 11.8 Å². The van der Waals surface area contributed by atoms with Gasteiger partial charge < -0.3 is 5.32 Å². The summed E-state index contributed by atoms with van der Waals surface area (Å²) in [7, 11) is 0. The van der Waals surface area contributed by atoms with E-state index in [9.17, 15) is 4.79 Å². The maximum Gasteiger partial charge on any atom is 0.220 e. The summed E-state index contributed by atoms with van der Waals surface area (Å²) in [5.74, 6) is 0.0153. The van der Waals surface area contributed by atoms with Crippen molar-refractivity contribution in [2.75, 3.05) is 0 Å². The third kappa shape index (κ3) is 4.13. The van der Waals surface area contributed by atoms with E-state index in [-0.39, 0.29) is 5.91 Å². The molecule has 2 nitrogen and oxygen atoms in total. The molecule has 0 aromatic rings. The third-order valence-electron chi connectivity index (χ3n) is 1.17. The third-order valence-corrected chi connectivity index (χ3v) is 1.17. The number of carbonyl (C=O) groups is 1. The van der Waals surface area contributed by atoms with Gasteiger partial charge in [-0.1, -0.05) is 19.9 Å². The fraction of sp³-hybridized carbons (Fsp3) is 0.625. The highest BCUT2D eigenvalue weighted by Crippen LogP contribution is 1.96. The van der Waals surface area contributed by atoms with Crippen LogP contribution < -0.4 is 5.32 Å². The summed E-state index contributed by atoms with van der Waals surface area (Å²) in [6.45, 7) is 5.61. The first kappa shape index (κ1) is 9.21. The van der Waals surface area contributed by atoms with Crippen molar-refractivity contribution in [2.24, 2.45) is 0 Å². The molecule has 0 rings (SSSR count). The van der Waals surface area contributed by atoms with Crippen molar-refractivity contribution in [3.8, 4) is 0 Å².